The summed E-state index contributed by atoms with van der Waals surface area (Å²) in [6, 6.07) is 9.38. The summed E-state index contributed by atoms with van der Waals surface area (Å²) in [6.45, 7) is 2.18. The first kappa shape index (κ1) is 15.0. The summed E-state index contributed by atoms with van der Waals surface area (Å²) in [6.07, 6.45) is 7.53. The third-order valence-corrected chi connectivity index (χ3v) is 5.44. The topological polar surface area (TPSA) is 15.3 Å². The lowest BCUT2D eigenvalue weighted by molar-refractivity contribution is 0.0456. The average Bonchev–Trinajstić information content (AvgIpc) is 2.45. The predicted octanol–water partition coefficient (Wildman–Crippen LogP) is 3.88. The highest BCUT2D eigenvalue weighted by Gasteiger charge is 2.36. The van der Waals surface area contributed by atoms with Gasteiger partial charge in [0.15, 0.2) is 0 Å². The Morgan fingerprint density at radius 1 is 1.29 bits per heavy atom. The summed E-state index contributed by atoms with van der Waals surface area (Å²) in [5, 5.41) is 3.80. The van der Waals surface area contributed by atoms with Gasteiger partial charge in [-0.3, -0.25) is 0 Å². The second-order valence-corrected chi connectivity index (χ2v) is 6.75. The Labute approximate surface area is 127 Å². The van der Waals surface area contributed by atoms with Gasteiger partial charge in [-0.1, -0.05) is 25.5 Å². The van der Waals surface area contributed by atoms with Gasteiger partial charge in [0.1, 0.15) is 5.82 Å². The van der Waals surface area contributed by atoms with E-state index in [-0.39, 0.29) is 11.9 Å². The predicted molar refractivity (Wildman–Crippen MR) is 84.8 cm³/mol. The van der Waals surface area contributed by atoms with Crippen molar-refractivity contribution in [1.82, 2.24) is 10.2 Å². The van der Waals surface area contributed by atoms with Crippen molar-refractivity contribution in [2.45, 2.75) is 69.6 Å². The Kier molecular flexibility index (Phi) is 4.60. The molecule has 21 heavy (non-hydrogen) atoms. The van der Waals surface area contributed by atoms with E-state index in [0.717, 1.165) is 24.1 Å². The van der Waals surface area contributed by atoms with E-state index in [1.54, 1.807) is 6.07 Å². The Balaban J connectivity index is 1.67. The maximum Gasteiger partial charge on any atom is 0.123 e. The Morgan fingerprint density at radius 2 is 2.00 bits per heavy atom. The number of hydrogen-bond donors (Lipinski definition) is 1. The maximum absolute atomic E-state index is 13.4. The van der Waals surface area contributed by atoms with Crippen LogP contribution in [0.2, 0.25) is 0 Å². The van der Waals surface area contributed by atoms with Crippen LogP contribution in [-0.2, 0) is 0 Å². The third-order valence-electron chi connectivity index (χ3n) is 5.44. The second-order valence-electron chi connectivity index (χ2n) is 6.75. The van der Waals surface area contributed by atoms with E-state index >= 15 is 0 Å². The molecule has 2 aliphatic heterocycles. The molecule has 3 rings (SSSR count). The highest BCUT2D eigenvalue weighted by molar-refractivity contribution is 5.20. The van der Waals surface area contributed by atoms with Crippen LogP contribution in [-0.4, -0.2) is 30.1 Å². The molecule has 0 amide bonds. The van der Waals surface area contributed by atoms with Crippen LogP contribution in [0.15, 0.2) is 24.3 Å². The third kappa shape index (κ3) is 3.29. The van der Waals surface area contributed by atoms with Crippen molar-refractivity contribution in [2.75, 3.05) is 7.05 Å². The van der Waals surface area contributed by atoms with Crippen molar-refractivity contribution in [3.8, 4) is 0 Å². The van der Waals surface area contributed by atoms with Crippen molar-refractivity contribution in [3.63, 3.8) is 0 Å². The molecule has 0 spiro atoms. The normalized spacial score (nSPS) is 31.1. The number of nitrogens with zero attached hydrogens (tertiary/aromatic N) is 1. The zero-order valence-corrected chi connectivity index (χ0v) is 13.2. The fourth-order valence-electron chi connectivity index (χ4n) is 4.21. The van der Waals surface area contributed by atoms with E-state index in [9.17, 15) is 4.39 Å². The zero-order chi connectivity index (χ0) is 14.8. The highest BCUT2D eigenvalue weighted by atomic mass is 19.1. The molecular formula is C18H27FN2. The van der Waals surface area contributed by atoms with E-state index in [1.165, 1.54) is 38.2 Å². The lowest BCUT2D eigenvalue weighted by atomic mass is 9.82. The van der Waals surface area contributed by atoms with Crippen molar-refractivity contribution in [1.29, 1.82) is 0 Å². The van der Waals surface area contributed by atoms with Gasteiger partial charge in [-0.15, -0.1) is 0 Å². The fraction of sp³-hybridized carbons (Fsp3) is 0.667. The Hall–Kier alpha value is -0.930. The van der Waals surface area contributed by atoms with Crippen molar-refractivity contribution in [2.24, 2.45) is 0 Å². The first-order valence-corrected chi connectivity index (χ1v) is 8.40. The van der Waals surface area contributed by atoms with Gasteiger partial charge in [-0.2, -0.15) is 0 Å². The number of benzene rings is 1. The summed E-state index contributed by atoms with van der Waals surface area (Å²) in [4.78, 5) is 2.59. The lowest BCUT2D eigenvalue weighted by Gasteiger charge is -2.48. The molecule has 3 unspecified atom stereocenters. The SMILES string of the molecule is CCC(NC1CC2CCCC(C1)N2C)c1cccc(F)c1. The molecule has 1 N–H and O–H groups in total. The molecule has 0 aliphatic carbocycles. The van der Waals surface area contributed by atoms with Gasteiger partial charge in [-0.25, -0.2) is 4.39 Å². The van der Waals surface area contributed by atoms with Gasteiger partial charge in [-0.05, 0) is 56.8 Å². The molecular weight excluding hydrogens is 263 g/mol. The van der Waals surface area contributed by atoms with Crippen LogP contribution in [0, 0.1) is 5.82 Å². The molecule has 2 heterocycles. The molecule has 2 nitrogen and oxygen atoms in total. The molecule has 2 bridgehead atoms. The molecule has 0 radical (unpaired) electrons. The number of piperidine rings is 2. The summed E-state index contributed by atoms with van der Waals surface area (Å²) >= 11 is 0. The second kappa shape index (κ2) is 6.45. The zero-order valence-electron chi connectivity index (χ0n) is 13.2. The number of hydrogen-bond acceptors (Lipinski definition) is 2. The first-order valence-electron chi connectivity index (χ1n) is 8.40. The van der Waals surface area contributed by atoms with Crippen molar-refractivity contribution >= 4 is 0 Å². The van der Waals surface area contributed by atoms with Crippen molar-refractivity contribution < 1.29 is 4.39 Å². The van der Waals surface area contributed by atoms with E-state index < -0.39 is 0 Å². The van der Waals surface area contributed by atoms with Gasteiger partial charge >= 0.3 is 0 Å². The smallest absolute Gasteiger partial charge is 0.123 e. The molecule has 116 valence electrons. The molecule has 1 aromatic rings. The van der Waals surface area contributed by atoms with E-state index in [2.05, 4.69) is 24.2 Å². The number of halogens is 1. The van der Waals surface area contributed by atoms with Crippen LogP contribution in [0.3, 0.4) is 0 Å². The minimum Gasteiger partial charge on any atom is -0.307 e. The number of nitrogens with one attached hydrogen (secondary N) is 1. The fourth-order valence-corrected chi connectivity index (χ4v) is 4.21. The van der Waals surface area contributed by atoms with Crippen LogP contribution in [0.5, 0.6) is 0 Å². The molecule has 2 saturated heterocycles. The average molecular weight is 290 g/mol. The van der Waals surface area contributed by atoms with Gasteiger partial charge < -0.3 is 10.2 Å². The van der Waals surface area contributed by atoms with Gasteiger partial charge in [0, 0.05) is 24.2 Å². The van der Waals surface area contributed by atoms with Crippen molar-refractivity contribution in [3.05, 3.63) is 35.6 Å². The molecule has 3 heteroatoms. The van der Waals surface area contributed by atoms with Crippen LogP contribution in [0.1, 0.15) is 57.1 Å². The maximum atomic E-state index is 13.4. The van der Waals surface area contributed by atoms with Gasteiger partial charge in [0.05, 0.1) is 0 Å². The number of rotatable bonds is 4. The molecule has 0 saturated carbocycles. The summed E-state index contributed by atoms with van der Waals surface area (Å²) in [5.74, 6) is -0.131. The van der Waals surface area contributed by atoms with Crippen LogP contribution < -0.4 is 5.32 Å². The minimum atomic E-state index is -0.131. The van der Waals surface area contributed by atoms with E-state index in [0.29, 0.717) is 6.04 Å². The molecule has 2 aliphatic rings. The Morgan fingerprint density at radius 3 is 2.62 bits per heavy atom. The summed E-state index contributed by atoms with van der Waals surface area (Å²) < 4.78 is 13.4. The van der Waals surface area contributed by atoms with Crippen LogP contribution in [0.4, 0.5) is 4.39 Å². The monoisotopic (exact) mass is 290 g/mol. The summed E-state index contributed by atoms with van der Waals surface area (Å²) in [7, 11) is 2.29. The Bertz CT molecular complexity index is 462. The largest absolute Gasteiger partial charge is 0.307 e. The lowest BCUT2D eigenvalue weighted by Crippen LogP contribution is -2.54. The highest BCUT2D eigenvalue weighted by Crippen LogP contribution is 2.33. The first-order chi connectivity index (χ1) is 10.2. The molecule has 3 atom stereocenters. The minimum absolute atomic E-state index is 0.131. The molecule has 0 aromatic heterocycles. The quantitative estimate of drug-likeness (QED) is 0.905. The molecule has 2 fully saturated rings. The van der Waals surface area contributed by atoms with Gasteiger partial charge in [0.2, 0.25) is 0 Å². The number of fused-ring (bicyclic) bond motifs is 2. The standard InChI is InChI=1S/C18H27FN2/c1-3-18(13-6-4-7-14(19)10-13)20-15-11-16-8-5-9-17(12-15)21(16)2/h4,6-7,10,15-18,20H,3,5,8-9,11-12H2,1-2H3. The van der Waals surface area contributed by atoms with E-state index in [1.807, 2.05) is 12.1 Å². The summed E-state index contributed by atoms with van der Waals surface area (Å²) in [5.41, 5.74) is 1.08. The molecule has 1 aromatic carbocycles. The van der Waals surface area contributed by atoms with E-state index in [4.69, 9.17) is 0 Å². The van der Waals surface area contributed by atoms with Gasteiger partial charge in [0.25, 0.3) is 0 Å². The van der Waals surface area contributed by atoms with Crippen LogP contribution >= 0.6 is 0 Å². The van der Waals surface area contributed by atoms with Crippen LogP contribution in [0.25, 0.3) is 0 Å².